The predicted molar refractivity (Wildman–Crippen MR) is 106 cm³/mol. The molecule has 27 heavy (non-hydrogen) atoms. The number of benzene rings is 2. The summed E-state index contributed by atoms with van der Waals surface area (Å²) in [6.07, 6.45) is 3.44. The highest BCUT2D eigenvalue weighted by Crippen LogP contribution is 2.22. The van der Waals surface area contributed by atoms with Crippen LogP contribution in [0.1, 0.15) is 40.0 Å². The molecule has 1 aliphatic heterocycles. The molecule has 3 rings (SSSR count). The molecule has 2 aromatic rings. The summed E-state index contributed by atoms with van der Waals surface area (Å²) in [5.74, 6) is -0.411. The molecule has 0 spiro atoms. The summed E-state index contributed by atoms with van der Waals surface area (Å²) < 4.78 is 4.76. The van der Waals surface area contributed by atoms with E-state index in [0.717, 1.165) is 24.1 Å². The zero-order valence-corrected chi connectivity index (χ0v) is 15.9. The van der Waals surface area contributed by atoms with Crippen LogP contribution in [0.2, 0.25) is 0 Å². The monoisotopic (exact) mass is 366 g/mol. The van der Waals surface area contributed by atoms with Gasteiger partial charge < -0.3 is 15.0 Å². The summed E-state index contributed by atoms with van der Waals surface area (Å²) in [4.78, 5) is 26.4. The largest absolute Gasteiger partial charge is 0.465 e. The van der Waals surface area contributed by atoms with E-state index in [-0.39, 0.29) is 11.9 Å². The maximum absolute atomic E-state index is 12.3. The number of methoxy groups -OCH3 is 1. The van der Waals surface area contributed by atoms with E-state index in [4.69, 9.17) is 4.74 Å². The second-order valence-electron chi connectivity index (χ2n) is 6.97. The first kappa shape index (κ1) is 19.1. The number of nitrogens with one attached hydrogen (secondary N) is 1. The fourth-order valence-corrected chi connectivity index (χ4v) is 3.56. The van der Waals surface area contributed by atoms with Crippen LogP contribution in [0.4, 0.5) is 0 Å². The second kappa shape index (κ2) is 8.82. The summed E-state index contributed by atoms with van der Waals surface area (Å²) in [5, 5.41) is 3.01. The number of ether oxygens (including phenoxy) is 1. The molecule has 0 radical (unpaired) electrons. The molecule has 1 aliphatic rings. The third-order valence-corrected chi connectivity index (χ3v) is 5.20. The molecule has 5 heteroatoms. The van der Waals surface area contributed by atoms with E-state index in [0.29, 0.717) is 23.7 Å². The van der Waals surface area contributed by atoms with Crippen molar-refractivity contribution in [3.8, 4) is 11.1 Å². The normalized spacial score (nSPS) is 16.9. The molecular formula is C22H26N2O3. The lowest BCUT2D eigenvalue weighted by Gasteiger charge is -2.19. The fourth-order valence-electron chi connectivity index (χ4n) is 3.56. The Labute approximate surface area is 160 Å². The van der Waals surface area contributed by atoms with Crippen molar-refractivity contribution in [3.05, 3.63) is 59.7 Å². The van der Waals surface area contributed by atoms with Gasteiger partial charge >= 0.3 is 5.97 Å². The smallest absolute Gasteiger partial charge is 0.337 e. The summed E-state index contributed by atoms with van der Waals surface area (Å²) in [6, 6.07) is 15.3. The Morgan fingerprint density at radius 1 is 1.11 bits per heavy atom. The highest BCUT2D eigenvalue weighted by atomic mass is 16.5. The molecule has 1 N–H and O–H groups in total. The van der Waals surface area contributed by atoms with Gasteiger partial charge in [0.2, 0.25) is 0 Å². The Morgan fingerprint density at radius 3 is 2.56 bits per heavy atom. The quantitative estimate of drug-likeness (QED) is 0.797. The lowest BCUT2D eigenvalue weighted by Crippen LogP contribution is -2.31. The number of hydrogen-bond acceptors (Lipinski definition) is 4. The molecule has 5 nitrogen and oxygen atoms in total. The molecule has 1 atom stereocenters. The molecule has 0 aromatic heterocycles. The minimum Gasteiger partial charge on any atom is -0.465 e. The van der Waals surface area contributed by atoms with Crippen LogP contribution in [-0.2, 0) is 4.74 Å². The van der Waals surface area contributed by atoms with Crippen LogP contribution in [0.15, 0.2) is 48.5 Å². The van der Waals surface area contributed by atoms with Gasteiger partial charge in [0, 0.05) is 18.2 Å². The number of carbonyl (C=O) groups is 2. The molecule has 0 saturated carbocycles. The van der Waals surface area contributed by atoms with Crippen molar-refractivity contribution < 1.29 is 14.3 Å². The average molecular weight is 366 g/mol. The number of nitrogens with zero attached hydrogens (tertiary/aromatic N) is 1. The Balaban J connectivity index is 1.59. The number of rotatable bonds is 6. The van der Waals surface area contributed by atoms with E-state index in [1.807, 2.05) is 36.4 Å². The summed E-state index contributed by atoms with van der Waals surface area (Å²) in [6.45, 7) is 1.84. The number of amides is 1. The molecule has 1 saturated heterocycles. The minimum atomic E-state index is -0.360. The number of carbonyl (C=O) groups excluding carboxylic acids is 2. The molecule has 2 aromatic carbocycles. The summed E-state index contributed by atoms with van der Waals surface area (Å²) in [5.41, 5.74) is 3.01. The highest BCUT2D eigenvalue weighted by molar-refractivity contribution is 5.95. The van der Waals surface area contributed by atoms with Gasteiger partial charge in [0.1, 0.15) is 0 Å². The standard InChI is InChI=1S/C22H26N2O3/c1-24-14-4-7-20(24)12-13-23-21(25)17-10-8-16(9-11-17)18-5-3-6-19(15-18)22(26)27-2/h3,5-6,8-11,15,20H,4,7,12-14H2,1-2H3,(H,23,25)/t20-/m1/s1. The van der Waals surface area contributed by atoms with Crippen LogP contribution in [0, 0.1) is 0 Å². The highest BCUT2D eigenvalue weighted by Gasteiger charge is 2.20. The van der Waals surface area contributed by atoms with E-state index in [2.05, 4.69) is 17.3 Å². The van der Waals surface area contributed by atoms with E-state index in [1.54, 1.807) is 12.1 Å². The van der Waals surface area contributed by atoms with Gasteiger partial charge in [-0.1, -0.05) is 24.3 Å². The molecule has 0 aliphatic carbocycles. The maximum Gasteiger partial charge on any atom is 0.337 e. The maximum atomic E-state index is 12.3. The molecular weight excluding hydrogens is 340 g/mol. The Bertz CT molecular complexity index is 801. The van der Waals surface area contributed by atoms with E-state index in [1.165, 1.54) is 20.0 Å². The number of likely N-dealkylation sites (tertiary alicyclic amines) is 1. The van der Waals surface area contributed by atoms with Crippen molar-refractivity contribution in [2.75, 3.05) is 27.2 Å². The molecule has 1 fully saturated rings. The van der Waals surface area contributed by atoms with Crippen molar-refractivity contribution in [2.24, 2.45) is 0 Å². The van der Waals surface area contributed by atoms with Gasteiger partial charge in [-0.2, -0.15) is 0 Å². The Kier molecular flexibility index (Phi) is 6.24. The lowest BCUT2D eigenvalue weighted by atomic mass is 10.0. The van der Waals surface area contributed by atoms with Crippen LogP contribution in [0.5, 0.6) is 0 Å². The first-order valence-corrected chi connectivity index (χ1v) is 9.36. The van der Waals surface area contributed by atoms with E-state index < -0.39 is 0 Å². The topological polar surface area (TPSA) is 58.6 Å². The van der Waals surface area contributed by atoms with Gasteiger partial charge in [-0.05, 0) is 68.2 Å². The van der Waals surface area contributed by atoms with Gasteiger partial charge in [-0.3, -0.25) is 4.79 Å². The van der Waals surface area contributed by atoms with Gasteiger partial charge in [0.15, 0.2) is 0 Å². The Morgan fingerprint density at radius 2 is 1.89 bits per heavy atom. The zero-order chi connectivity index (χ0) is 19.2. The molecule has 0 unspecified atom stereocenters. The van der Waals surface area contributed by atoms with Gasteiger partial charge in [0.05, 0.1) is 12.7 Å². The first-order valence-electron chi connectivity index (χ1n) is 9.36. The Hall–Kier alpha value is -2.66. The lowest BCUT2D eigenvalue weighted by molar-refractivity contribution is 0.0600. The van der Waals surface area contributed by atoms with E-state index >= 15 is 0 Å². The summed E-state index contributed by atoms with van der Waals surface area (Å²) >= 11 is 0. The van der Waals surface area contributed by atoms with Crippen molar-refractivity contribution in [3.63, 3.8) is 0 Å². The third kappa shape index (κ3) is 4.74. The fraction of sp³-hybridized carbons (Fsp3) is 0.364. The zero-order valence-electron chi connectivity index (χ0n) is 15.9. The van der Waals surface area contributed by atoms with Gasteiger partial charge in [-0.15, -0.1) is 0 Å². The number of esters is 1. The summed E-state index contributed by atoms with van der Waals surface area (Å²) in [7, 11) is 3.51. The molecule has 1 heterocycles. The SMILES string of the molecule is COC(=O)c1cccc(-c2ccc(C(=O)NCC[C@H]3CCCN3C)cc2)c1. The predicted octanol–water partition coefficient (Wildman–Crippen LogP) is 3.35. The molecule has 1 amide bonds. The molecule has 0 bridgehead atoms. The van der Waals surface area contributed by atoms with Crippen LogP contribution in [0.3, 0.4) is 0 Å². The van der Waals surface area contributed by atoms with Crippen LogP contribution < -0.4 is 5.32 Å². The molecule has 142 valence electrons. The number of hydrogen-bond donors (Lipinski definition) is 1. The van der Waals surface area contributed by atoms with E-state index in [9.17, 15) is 9.59 Å². The van der Waals surface area contributed by atoms with Crippen LogP contribution in [-0.4, -0.2) is 50.1 Å². The van der Waals surface area contributed by atoms with Gasteiger partial charge in [-0.25, -0.2) is 4.79 Å². The average Bonchev–Trinajstić information content (AvgIpc) is 3.12. The third-order valence-electron chi connectivity index (χ3n) is 5.20. The van der Waals surface area contributed by atoms with Crippen molar-refractivity contribution in [1.29, 1.82) is 0 Å². The van der Waals surface area contributed by atoms with Gasteiger partial charge in [0.25, 0.3) is 5.91 Å². The van der Waals surface area contributed by atoms with Crippen molar-refractivity contribution in [1.82, 2.24) is 10.2 Å². The van der Waals surface area contributed by atoms with Crippen LogP contribution in [0.25, 0.3) is 11.1 Å². The minimum absolute atomic E-state index is 0.0505. The van der Waals surface area contributed by atoms with Crippen molar-refractivity contribution in [2.45, 2.75) is 25.3 Å². The second-order valence-corrected chi connectivity index (χ2v) is 6.97. The first-order chi connectivity index (χ1) is 13.1. The van der Waals surface area contributed by atoms with Crippen molar-refractivity contribution >= 4 is 11.9 Å². The van der Waals surface area contributed by atoms with Crippen LogP contribution >= 0.6 is 0 Å².